The standard InChI is InChI=1S/C21H36F2N4O4/c1-3-31-19(29)26-9-6-20(13-26)10-16(11-20)25-7-4-15(5-8-25)27-14-21(22,23)12-17(27)18(28)24-30-2/h15-17,19,29H,3-14H2,1-2H3,(H,24,28)/t16?,17-,19?,20?/m1/s1. The number of aliphatic hydroxyl groups excluding tert-OH is 1. The number of ether oxygens (including phenoxy) is 1. The molecule has 0 bridgehead atoms. The molecule has 1 aliphatic carbocycles. The first kappa shape index (κ1) is 23.3. The van der Waals surface area contributed by atoms with E-state index in [9.17, 15) is 18.7 Å². The highest BCUT2D eigenvalue weighted by atomic mass is 19.3. The number of hydrogen-bond acceptors (Lipinski definition) is 7. The lowest BCUT2D eigenvalue weighted by Crippen LogP contribution is -2.57. The van der Waals surface area contributed by atoms with E-state index in [0.717, 1.165) is 58.3 Å². The summed E-state index contributed by atoms with van der Waals surface area (Å²) in [6.45, 7) is 5.51. The summed E-state index contributed by atoms with van der Waals surface area (Å²) in [4.78, 5) is 23.1. The van der Waals surface area contributed by atoms with Crippen LogP contribution in [0.5, 0.6) is 0 Å². The van der Waals surface area contributed by atoms with Crippen molar-refractivity contribution in [3.05, 3.63) is 0 Å². The lowest BCUT2D eigenvalue weighted by atomic mass is 9.64. The van der Waals surface area contributed by atoms with Gasteiger partial charge in [-0.3, -0.25) is 19.4 Å². The molecular weight excluding hydrogens is 410 g/mol. The third-order valence-corrected chi connectivity index (χ3v) is 7.73. The van der Waals surface area contributed by atoms with E-state index in [4.69, 9.17) is 4.74 Å². The van der Waals surface area contributed by atoms with Gasteiger partial charge in [-0.25, -0.2) is 14.3 Å². The fourth-order valence-corrected chi connectivity index (χ4v) is 6.16. The van der Waals surface area contributed by atoms with Crippen LogP contribution in [-0.4, -0.2) is 103 Å². The summed E-state index contributed by atoms with van der Waals surface area (Å²) in [7, 11) is 1.32. The fourth-order valence-electron chi connectivity index (χ4n) is 6.16. The molecule has 1 spiro atoms. The topological polar surface area (TPSA) is 77.5 Å². The van der Waals surface area contributed by atoms with E-state index in [1.165, 1.54) is 7.11 Å². The van der Waals surface area contributed by atoms with Gasteiger partial charge >= 0.3 is 0 Å². The number of carbonyl (C=O) groups is 1. The Labute approximate surface area is 182 Å². The number of piperidine rings is 1. The second kappa shape index (κ2) is 9.15. The normalized spacial score (nSPS) is 36.0. The van der Waals surface area contributed by atoms with Gasteiger partial charge in [-0.2, -0.15) is 0 Å². The Hall–Kier alpha value is -0.910. The summed E-state index contributed by atoms with van der Waals surface area (Å²) in [6, 6.07) is -0.313. The van der Waals surface area contributed by atoms with E-state index in [1.54, 1.807) is 4.90 Å². The van der Waals surface area contributed by atoms with Crippen LogP contribution in [0.1, 0.15) is 45.4 Å². The molecular formula is C21H36F2N4O4. The lowest BCUT2D eigenvalue weighted by molar-refractivity contribution is -0.188. The minimum absolute atomic E-state index is 0.00502. The maximum Gasteiger partial charge on any atom is 0.262 e. The van der Waals surface area contributed by atoms with Gasteiger partial charge in [0.05, 0.1) is 19.7 Å². The molecule has 1 saturated carbocycles. The maximum absolute atomic E-state index is 14.1. The van der Waals surface area contributed by atoms with E-state index in [2.05, 4.69) is 15.2 Å². The van der Waals surface area contributed by atoms with Gasteiger partial charge in [-0.1, -0.05) is 0 Å². The number of hydrogen-bond donors (Lipinski definition) is 2. The fraction of sp³-hybridized carbons (Fsp3) is 0.952. The molecule has 8 nitrogen and oxygen atoms in total. The van der Waals surface area contributed by atoms with E-state index in [1.807, 2.05) is 11.8 Å². The number of rotatable bonds is 7. The summed E-state index contributed by atoms with van der Waals surface area (Å²) >= 11 is 0. The SMILES string of the molecule is CCOC(O)N1CCC2(CC(N3CCC(N4CC(F)(F)C[C@@H]4C(=O)NOC)CC3)C2)C1. The summed E-state index contributed by atoms with van der Waals surface area (Å²) in [5.41, 5.74) is 2.51. The average molecular weight is 447 g/mol. The molecule has 3 aliphatic heterocycles. The molecule has 4 fully saturated rings. The van der Waals surface area contributed by atoms with Gasteiger partial charge in [0.1, 0.15) is 0 Å². The Kier molecular flexibility index (Phi) is 6.86. The Morgan fingerprint density at radius 3 is 2.52 bits per heavy atom. The molecule has 10 heteroatoms. The summed E-state index contributed by atoms with van der Waals surface area (Å²) < 4.78 is 33.5. The molecule has 0 radical (unpaired) electrons. The molecule has 2 N–H and O–H groups in total. The molecule has 2 atom stereocenters. The largest absolute Gasteiger partial charge is 0.356 e. The molecule has 0 aromatic heterocycles. The molecule has 3 saturated heterocycles. The Morgan fingerprint density at radius 1 is 1.16 bits per heavy atom. The van der Waals surface area contributed by atoms with Crippen molar-refractivity contribution in [3.63, 3.8) is 0 Å². The summed E-state index contributed by atoms with van der Waals surface area (Å²) in [5.74, 6) is -3.32. The van der Waals surface area contributed by atoms with E-state index in [-0.39, 0.29) is 18.0 Å². The second-order valence-corrected chi connectivity index (χ2v) is 9.75. The minimum atomic E-state index is -2.84. The first-order valence-electron chi connectivity index (χ1n) is 11.5. The molecule has 1 amide bonds. The average Bonchev–Trinajstić information content (AvgIpc) is 3.29. The lowest BCUT2D eigenvalue weighted by Gasteiger charge is -2.52. The number of halogens is 2. The van der Waals surface area contributed by atoms with Crippen LogP contribution in [0.2, 0.25) is 0 Å². The Bertz CT molecular complexity index is 641. The Balaban J connectivity index is 1.26. The van der Waals surface area contributed by atoms with Crippen LogP contribution in [0.4, 0.5) is 8.78 Å². The van der Waals surface area contributed by atoms with Gasteiger partial charge in [0, 0.05) is 38.2 Å². The van der Waals surface area contributed by atoms with Crippen molar-refractivity contribution in [2.45, 2.75) is 75.9 Å². The van der Waals surface area contributed by atoms with E-state index >= 15 is 0 Å². The first-order chi connectivity index (χ1) is 14.8. The van der Waals surface area contributed by atoms with Crippen molar-refractivity contribution in [1.82, 2.24) is 20.2 Å². The predicted octanol–water partition coefficient (Wildman–Crippen LogP) is 1.00. The van der Waals surface area contributed by atoms with Crippen LogP contribution in [-0.2, 0) is 14.4 Å². The van der Waals surface area contributed by atoms with Crippen LogP contribution in [0, 0.1) is 5.41 Å². The van der Waals surface area contributed by atoms with Crippen LogP contribution < -0.4 is 5.48 Å². The molecule has 0 aromatic carbocycles. The van der Waals surface area contributed by atoms with Gasteiger partial charge in [0.25, 0.3) is 11.8 Å². The minimum Gasteiger partial charge on any atom is -0.356 e. The third-order valence-electron chi connectivity index (χ3n) is 7.73. The monoisotopic (exact) mass is 446 g/mol. The number of hydroxylamine groups is 1. The molecule has 31 heavy (non-hydrogen) atoms. The van der Waals surface area contributed by atoms with Gasteiger partial charge in [-0.05, 0) is 57.5 Å². The maximum atomic E-state index is 14.1. The first-order valence-corrected chi connectivity index (χ1v) is 11.5. The smallest absolute Gasteiger partial charge is 0.262 e. The molecule has 4 aliphatic rings. The van der Waals surface area contributed by atoms with Crippen LogP contribution >= 0.6 is 0 Å². The van der Waals surface area contributed by atoms with Gasteiger partial charge < -0.3 is 14.7 Å². The zero-order valence-electron chi connectivity index (χ0n) is 18.6. The highest BCUT2D eigenvalue weighted by molar-refractivity contribution is 5.81. The van der Waals surface area contributed by atoms with Crippen LogP contribution in [0.3, 0.4) is 0 Å². The second-order valence-electron chi connectivity index (χ2n) is 9.75. The van der Waals surface area contributed by atoms with Crippen LogP contribution in [0.25, 0.3) is 0 Å². The van der Waals surface area contributed by atoms with Gasteiger partial charge in [0.15, 0.2) is 0 Å². The molecule has 4 rings (SSSR count). The molecule has 3 heterocycles. The number of carbonyl (C=O) groups excluding carboxylic acids is 1. The van der Waals surface area contributed by atoms with Crippen molar-refractivity contribution in [2.75, 3.05) is 46.4 Å². The van der Waals surface area contributed by atoms with E-state index in [0.29, 0.717) is 12.6 Å². The van der Waals surface area contributed by atoms with Crippen molar-refractivity contribution in [2.24, 2.45) is 5.41 Å². The highest BCUT2D eigenvalue weighted by Crippen LogP contribution is 2.51. The summed E-state index contributed by atoms with van der Waals surface area (Å²) in [6.07, 6.45) is 3.67. The summed E-state index contributed by atoms with van der Waals surface area (Å²) in [5, 5.41) is 10.1. The predicted molar refractivity (Wildman–Crippen MR) is 109 cm³/mol. The quantitative estimate of drug-likeness (QED) is 0.446. The number of likely N-dealkylation sites (tertiary alicyclic amines) is 3. The number of aliphatic hydroxyl groups is 1. The zero-order chi connectivity index (χ0) is 22.2. The number of alkyl halides is 2. The third kappa shape index (κ3) is 4.89. The number of amides is 1. The van der Waals surface area contributed by atoms with Crippen LogP contribution in [0.15, 0.2) is 0 Å². The molecule has 178 valence electrons. The zero-order valence-corrected chi connectivity index (χ0v) is 18.6. The van der Waals surface area contributed by atoms with Gasteiger partial charge in [0.2, 0.25) is 6.41 Å². The van der Waals surface area contributed by atoms with Crippen molar-refractivity contribution in [3.8, 4) is 0 Å². The van der Waals surface area contributed by atoms with Crippen molar-refractivity contribution >= 4 is 5.91 Å². The van der Waals surface area contributed by atoms with E-state index < -0.39 is 30.7 Å². The highest BCUT2D eigenvalue weighted by Gasteiger charge is 2.53. The Morgan fingerprint density at radius 2 is 1.87 bits per heavy atom. The van der Waals surface area contributed by atoms with Gasteiger partial charge in [-0.15, -0.1) is 0 Å². The molecule has 1 unspecified atom stereocenters. The van der Waals surface area contributed by atoms with Crippen molar-refractivity contribution < 1.29 is 28.3 Å². The molecule has 0 aromatic rings. The number of nitrogens with zero attached hydrogens (tertiary/aromatic N) is 3. The van der Waals surface area contributed by atoms with Crippen molar-refractivity contribution in [1.29, 1.82) is 0 Å². The number of nitrogens with one attached hydrogen (secondary N) is 1.